The number of nitrogens with zero attached hydrogens (tertiary/aromatic N) is 5. The zero-order valence-electron chi connectivity index (χ0n) is 14.9. The lowest BCUT2D eigenvalue weighted by atomic mass is 10.1. The molecule has 0 N–H and O–H groups in total. The molecule has 1 aliphatic rings. The monoisotopic (exact) mass is 371 g/mol. The lowest BCUT2D eigenvalue weighted by Gasteiger charge is -2.26. The maximum absolute atomic E-state index is 6.01. The van der Waals surface area contributed by atoms with E-state index in [0.29, 0.717) is 5.15 Å². The standard InChI is InChI=1S/C19H22ClN5O/c1-14-16(15-11-18-17(21-12-15)3-4-19(20)22-18)13-25(23-14)6-2-5-24-7-9-26-10-8-24/h3-4,11-13H,2,5-10H2,1H3. The number of halogens is 1. The Labute approximate surface area is 157 Å². The Morgan fingerprint density at radius 2 is 2.00 bits per heavy atom. The number of aromatic nitrogens is 4. The number of aryl methyl sites for hydroxylation is 2. The zero-order chi connectivity index (χ0) is 17.9. The van der Waals surface area contributed by atoms with Crippen molar-refractivity contribution in [3.63, 3.8) is 0 Å². The van der Waals surface area contributed by atoms with E-state index in [-0.39, 0.29) is 0 Å². The van der Waals surface area contributed by atoms with Crippen LogP contribution in [0.1, 0.15) is 12.1 Å². The van der Waals surface area contributed by atoms with Crippen LogP contribution in [0.5, 0.6) is 0 Å². The summed E-state index contributed by atoms with van der Waals surface area (Å²) in [5.41, 5.74) is 4.75. The van der Waals surface area contributed by atoms with Gasteiger partial charge in [0.1, 0.15) is 5.15 Å². The minimum atomic E-state index is 0.479. The van der Waals surface area contributed by atoms with Crippen LogP contribution in [0.2, 0.25) is 5.15 Å². The van der Waals surface area contributed by atoms with Crippen molar-refractivity contribution < 1.29 is 4.74 Å². The van der Waals surface area contributed by atoms with Gasteiger partial charge in [-0.3, -0.25) is 14.6 Å². The summed E-state index contributed by atoms with van der Waals surface area (Å²) in [5.74, 6) is 0. The Balaban J connectivity index is 1.47. The van der Waals surface area contributed by atoms with Gasteiger partial charge < -0.3 is 4.74 Å². The molecule has 0 aromatic carbocycles. The molecule has 4 heterocycles. The fourth-order valence-electron chi connectivity index (χ4n) is 3.33. The van der Waals surface area contributed by atoms with Gasteiger partial charge in [0.25, 0.3) is 0 Å². The van der Waals surface area contributed by atoms with E-state index in [1.54, 1.807) is 6.07 Å². The van der Waals surface area contributed by atoms with Crippen LogP contribution in [0.15, 0.2) is 30.6 Å². The molecule has 136 valence electrons. The van der Waals surface area contributed by atoms with Gasteiger partial charge in [-0.05, 0) is 31.5 Å². The molecule has 0 unspecified atom stereocenters. The molecule has 1 aliphatic heterocycles. The van der Waals surface area contributed by atoms with E-state index in [0.717, 1.165) is 73.7 Å². The van der Waals surface area contributed by atoms with Gasteiger partial charge in [-0.2, -0.15) is 5.10 Å². The topological polar surface area (TPSA) is 56.1 Å². The molecule has 7 heteroatoms. The number of pyridine rings is 2. The Kier molecular flexibility index (Phi) is 5.15. The van der Waals surface area contributed by atoms with Crippen molar-refractivity contribution in [3.8, 4) is 11.1 Å². The number of rotatable bonds is 5. The molecule has 3 aromatic heterocycles. The first-order chi connectivity index (χ1) is 12.7. The van der Waals surface area contributed by atoms with E-state index in [1.165, 1.54) is 0 Å². The summed E-state index contributed by atoms with van der Waals surface area (Å²) in [7, 11) is 0. The van der Waals surface area contributed by atoms with Crippen LogP contribution >= 0.6 is 11.6 Å². The molecule has 0 radical (unpaired) electrons. The zero-order valence-corrected chi connectivity index (χ0v) is 15.6. The van der Waals surface area contributed by atoms with Gasteiger partial charge in [-0.1, -0.05) is 11.6 Å². The van der Waals surface area contributed by atoms with Crippen molar-refractivity contribution in [2.45, 2.75) is 19.9 Å². The molecular weight excluding hydrogens is 350 g/mol. The van der Waals surface area contributed by atoms with Crippen LogP contribution in [0, 0.1) is 6.92 Å². The van der Waals surface area contributed by atoms with E-state index in [4.69, 9.17) is 16.3 Å². The van der Waals surface area contributed by atoms with Crippen molar-refractivity contribution in [2.75, 3.05) is 32.8 Å². The number of hydrogen-bond acceptors (Lipinski definition) is 5. The summed E-state index contributed by atoms with van der Waals surface area (Å²) in [6.45, 7) is 7.77. The van der Waals surface area contributed by atoms with Gasteiger partial charge in [0.05, 0.1) is 29.9 Å². The molecule has 3 aromatic rings. The molecule has 0 aliphatic carbocycles. The van der Waals surface area contributed by atoms with Gasteiger partial charge in [-0.25, -0.2) is 4.98 Å². The second-order valence-electron chi connectivity index (χ2n) is 6.60. The van der Waals surface area contributed by atoms with Crippen LogP contribution in [0.25, 0.3) is 22.2 Å². The van der Waals surface area contributed by atoms with Gasteiger partial charge >= 0.3 is 0 Å². The number of fused-ring (bicyclic) bond motifs is 1. The quantitative estimate of drug-likeness (QED) is 0.645. The fraction of sp³-hybridized carbons (Fsp3) is 0.421. The predicted molar refractivity (Wildman–Crippen MR) is 102 cm³/mol. The van der Waals surface area contributed by atoms with E-state index >= 15 is 0 Å². The minimum Gasteiger partial charge on any atom is -0.379 e. The average molecular weight is 372 g/mol. The Morgan fingerprint density at radius 1 is 1.15 bits per heavy atom. The fourth-order valence-corrected chi connectivity index (χ4v) is 3.48. The van der Waals surface area contributed by atoms with E-state index in [2.05, 4.69) is 26.2 Å². The second-order valence-corrected chi connectivity index (χ2v) is 6.98. The summed E-state index contributed by atoms with van der Waals surface area (Å²) >= 11 is 6.01. The van der Waals surface area contributed by atoms with E-state index < -0.39 is 0 Å². The largest absolute Gasteiger partial charge is 0.379 e. The Hall–Kier alpha value is -2.02. The molecule has 0 spiro atoms. The van der Waals surface area contributed by atoms with Crippen LogP contribution < -0.4 is 0 Å². The van der Waals surface area contributed by atoms with Crippen LogP contribution in [-0.2, 0) is 11.3 Å². The summed E-state index contributed by atoms with van der Waals surface area (Å²) < 4.78 is 7.42. The molecule has 1 fully saturated rings. The molecule has 6 nitrogen and oxygen atoms in total. The summed E-state index contributed by atoms with van der Waals surface area (Å²) in [5, 5.41) is 5.15. The first-order valence-corrected chi connectivity index (χ1v) is 9.34. The average Bonchev–Trinajstić information content (AvgIpc) is 3.02. The molecule has 0 atom stereocenters. The molecule has 0 amide bonds. The maximum atomic E-state index is 6.01. The van der Waals surface area contributed by atoms with Crippen LogP contribution in [-0.4, -0.2) is 57.5 Å². The summed E-state index contributed by atoms with van der Waals surface area (Å²) in [4.78, 5) is 11.3. The van der Waals surface area contributed by atoms with Gasteiger partial charge in [0.15, 0.2) is 0 Å². The van der Waals surface area contributed by atoms with Crippen molar-refractivity contribution in [1.29, 1.82) is 0 Å². The molecule has 1 saturated heterocycles. The third-order valence-corrected chi connectivity index (χ3v) is 4.94. The summed E-state index contributed by atoms with van der Waals surface area (Å²) in [6, 6.07) is 5.67. The smallest absolute Gasteiger partial charge is 0.129 e. The molecule has 0 bridgehead atoms. The second kappa shape index (κ2) is 7.70. The lowest BCUT2D eigenvalue weighted by Crippen LogP contribution is -2.37. The van der Waals surface area contributed by atoms with Crippen LogP contribution in [0.4, 0.5) is 0 Å². The highest BCUT2D eigenvalue weighted by atomic mass is 35.5. The predicted octanol–water partition coefficient (Wildman–Crippen LogP) is 3.18. The third-order valence-electron chi connectivity index (χ3n) is 4.73. The Bertz CT molecular complexity index is 904. The highest BCUT2D eigenvalue weighted by molar-refractivity contribution is 6.29. The first-order valence-electron chi connectivity index (χ1n) is 8.96. The van der Waals surface area contributed by atoms with Crippen LogP contribution in [0.3, 0.4) is 0 Å². The third kappa shape index (κ3) is 3.87. The lowest BCUT2D eigenvalue weighted by molar-refractivity contribution is 0.0368. The number of hydrogen-bond donors (Lipinski definition) is 0. The number of morpholine rings is 1. The van der Waals surface area contributed by atoms with Crippen molar-refractivity contribution in [2.24, 2.45) is 0 Å². The van der Waals surface area contributed by atoms with E-state index in [1.807, 2.05) is 29.9 Å². The Morgan fingerprint density at radius 3 is 2.85 bits per heavy atom. The highest BCUT2D eigenvalue weighted by Crippen LogP contribution is 2.25. The minimum absolute atomic E-state index is 0.479. The summed E-state index contributed by atoms with van der Waals surface area (Å²) in [6.07, 6.45) is 5.05. The van der Waals surface area contributed by atoms with E-state index in [9.17, 15) is 0 Å². The molecular formula is C19H22ClN5O. The molecule has 4 rings (SSSR count). The van der Waals surface area contributed by atoms with Gasteiger partial charge in [0.2, 0.25) is 0 Å². The highest BCUT2D eigenvalue weighted by Gasteiger charge is 2.12. The SMILES string of the molecule is Cc1nn(CCCN2CCOCC2)cc1-c1cnc2ccc(Cl)nc2c1. The van der Waals surface area contributed by atoms with Crippen molar-refractivity contribution in [3.05, 3.63) is 41.4 Å². The van der Waals surface area contributed by atoms with Gasteiger partial charge in [-0.15, -0.1) is 0 Å². The number of ether oxygens (including phenoxy) is 1. The first kappa shape index (κ1) is 17.4. The van der Waals surface area contributed by atoms with Crippen molar-refractivity contribution >= 4 is 22.6 Å². The normalized spacial score (nSPS) is 15.6. The maximum Gasteiger partial charge on any atom is 0.129 e. The molecule has 0 saturated carbocycles. The molecule has 26 heavy (non-hydrogen) atoms. The van der Waals surface area contributed by atoms with Crippen molar-refractivity contribution in [1.82, 2.24) is 24.6 Å². The van der Waals surface area contributed by atoms with Gasteiger partial charge in [0, 0.05) is 49.7 Å².